The van der Waals surface area contributed by atoms with Crippen molar-refractivity contribution in [1.29, 1.82) is 0 Å². The van der Waals surface area contributed by atoms with E-state index >= 15 is 0 Å². The lowest BCUT2D eigenvalue weighted by Crippen LogP contribution is -1.96. The highest BCUT2D eigenvalue weighted by atomic mass is 32.1. The highest BCUT2D eigenvalue weighted by Gasteiger charge is 2.16. The number of para-hydroxylation sites is 1. The van der Waals surface area contributed by atoms with Gasteiger partial charge in [-0.05, 0) is 100 Å². The Bertz CT molecular complexity index is 3190. The van der Waals surface area contributed by atoms with Crippen LogP contribution in [0, 0.1) is 0 Å². The van der Waals surface area contributed by atoms with E-state index in [1.807, 2.05) is 47.7 Å². The number of hydrogen-bond acceptors (Lipinski definition) is 4. The van der Waals surface area contributed by atoms with Crippen molar-refractivity contribution in [3.05, 3.63) is 194 Å². The summed E-state index contributed by atoms with van der Waals surface area (Å²) in [6.07, 6.45) is 0. The van der Waals surface area contributed by atoms with Crippen molar-refractivity contribution in [2.75, 3.05) is 0 Å². The number of thiophene rings is 1. The molecule has 0 aliphatic rings. The topological polar surface area (TPSA) is 38.9 Å². The monoisotopic (exact) mass is 732 g/mol. The molecule has 0 radical (unpaired) electrons. The molecular weight excluding hydrogens is 701 g/mol. The third kappa shape index (κ3) is 5.76. The van der Waals surface area contributed by atoms with Crippen LogP contribution in [-0.2, 0) is 0 Å². The van der Waals surface area contributed by atoms with Crippen molar-refractivity contribution in [3.8, 4) is 67.3 Å². The first-order valence-electron chi connectivity index (χ1n) is 18.8. The number of nitrogens with zero attached hydrogens (tertiary/aromatic N) is 2. The van der Waals surface area contributed by atoms with Crippen LogP contribution in [0.15, 0.2) is 199 Å². The van der Waals surface area contributed by atoms with Gasteiger partial charge in [0.2, 0.25) is 0 Å². The molecule has 8 aromatic carbocycles. The van der Waals surface area contributed by atoms with Gasteiger partial charge >= 0.3 is 0 Å². The summed E-state index contributed by atoms with van der Waals surface area (Å²) in [5.74, 6) is 0.693. The molecule has 0 aliphatic carbocycles. The summed E-state index contributed by atoms with van der Waals surface area (Å²) >= 11 is 1.85. The minimum atomic E-state index is 0.693. The average molecular weight is 733 g/mol. The Kier molecular flexibility index (Phi) is 7.68. The van der Waals surface area contributed by atoms with Gasteiger partial charge in [-0.3, -0.25) is 0 Å². The molecule has 11 aromatic rings. The molecule has 3 nitrogen and oxygen atoms in total. The summed E-state index contributed by atoms with van der Waals surface area (Å²) in [6, 6.07) is 68.8. The van der Waals surface area contributed by atoms with E-state index in [4.69, 9.17) is 14.4 Å². The highest BCUT2D eigenvalue weighted by Crippen LogP contribution is 2.40. The van der Waals surface area contributed by atoms with Crippen molar-refractivity contribution in [3.63, 3.8) is 0 Å². The number of benzene rings is 8. The van der Waals surface area contributed by atoms with Gasteiger partial charge in [-0.15, -0.1) is 11.3 Å². The average Bonchev–Trinajstić information content (AvgIpc) is 3.84. The van der Waals surface area contributed by atoms with E-state index < -0.39 is 0 Å². The van der Waals surface area contributed by atoms with Crippen LogP contribution in [0.1, 0.15) is 0 Å². The Labute approximate surface area is 327 Å². The lowest BCUT2D eigenvalue weighted by Gasteiger charge is -2.14. The number of aromatic nitrogens is 2. The minimum absolute atomic E-state index is 0.693. The van der Waals surface area contributed by atoms with Gasteiger partial charge in [-0.2, -0.15) is 0 Å². The Hall–Kier alpha value is -7.14. The molecule has 0 spiro atoms. The van der Waals surface area contributed by atoms with Crippen molar-refractivity contribution >= 4 is 53.4 Å². The van der Waals surface area contributed by atoms with E-state index in [0.717, 1.165) is 72.3 Å². The molecule has 11 rings (SSSR count). The Balaban J connectivity index is 1.11. The standard InChI is InChI=1S/C52H32N2OS/c1-3-12-33(13-4-1)46-32-47(54-52(53-46)34-14-5-2-6-15-34)41-28-39(27-40(29-41)38-22-24-49-44(30-38)42-18-7-9-20-48(42)55-49)36-17-11-16-35(26-36)37-23-25-51-45(31-37)43-19-8-10-21-50(43)56-51/h1-32H. The summed E-state index contributed by atoms with van der Waals surface area (Å²) in [5.41, 5.74) is 13.4. The molecule has 0 N–H and O–H groups in total. The third-order valence-electron chi connectivity index (χ3n) is 10.7. The van der Waals surface area contributed by atoms with E-state index in [1.165, 1.54) is 31.3 Å². The number of rotatable bonds is 6. The van der Waals surface area contributed by atoms with Gasteiger partial charge in [0.15, 0.2) is 5.82 Å². The van der Waals surface area contributed by atoms with Crippen LogP contribution in [0.25, 0.3) is 109 Å². The maximum Gasteiger partial charge on any atom is 0.160 e. The fourth-order valence-electron chi connectivity index (χ4n) is 7.87. The van der Waals surface area contributed by atoms with Crippen LogP contribution in [0.3, 0.4) is 0 Å². The van der Waals surface area contributed by atoms with E-state index in [1.54, 1.807) is 0 Å². The molecule has 0 fully saturated rings. The second-order valence-corrected chi connectivity index (χ2v) is 15.3. The Morgan fingerprint density at radius 1 is 0.304 bits per heavy atom. The van der Waals surface area contributed by atoms with Crippen LogP contribution in [0.4, 0.5) is 0 Å². The van der Waals surface area contributed by atoms with E-state index in [0.29, 0.717) is 5.82 Å². The molecule has 0 atom stereocenters. The fourth-order valence-corrected chi connectivity index (χ4v) is 8.95. The molecule has 0 amide bonds. The van der Waals surface area contributed by atoms with E-state index in [2.05, 4.69) is 158 Å². The van der Waals surface area contributed by atoms with Gasteiger partial charge in [0.1, 0.15) is 11.2 Å². The van der Waals surface area contributed by atoms with Crippen LogP contribution < -0.4 is 0 Å². The first-order valence-corrected chi connectivity index (χ1v) is 19.6. The zero-order valence-corrected chi connectivity index (χ0v) is 31.0. The molecule has 262 valence electrons. The van der Waals surface area contributed by atoms with Gasteiger partial charge < -0.3 is 4.42 Å². The summed E-state index contributed by atoms with van der Waals surface area (Å²) in [6.45, 7) is 0. The normalized spacial score (nSPS) is 11.6. The molecule has 0 bridgehead atoms. The minimum Gasteiger partial charge on any atom is -0.456 e. The molecule has 0 aliphatic heterocycles. The zero-order valence-electron chi connectivity index (χ0n) is 30.2. The largest absolute Gasteiger partial charge is 0.456 e. The first-order chi connectivity index (χ1) is 27.7. The lowest BCUT2D eigenvalue weighted by atomic mass is 9.92. The van der Waals surface area contributed by atoms with Crippen molar-refractivity contribution < 1.29 is 4.42 Å². The maximum atomic E-state index is 6.22. The third-order valence-corrected chi connectivity index (χ3v) is 11.8. The predicted molar refractivity (Wildman–Crippen MR) is 235 cm³/mol. The highest BCUT2D eigenvalue weighted by molar-refractivity contribution is 7.25. The van der Waals surface area contributed by atoms with Gasteiger partial charge in [0.05, 0.1) is 11.4 Å². The van der Waals surface area contributed by atoms with Crippen LogP contribution >= 0.6 is 11.3 Å². The van der Waals surface area contributed by atoms with Crippen molar-refractivity contribution in [2.24, 2.45) is 0 Å². The lowest BCUT2D eigenvalue weighted by molar-refractivity contribution is 0.669. The van der Waals surface area contributed by atoms with Gasteiger partial charge in [-0.1, -0.05) is 127 Å². The summed E-state index contributed by atoms with van der Waals surface area (Å²) in [5, 5.41) is 4.81. The van der Waals surface area contributed by atoms with Crippen LogP contribution in [-0.4, -0.2) is 9.97 Å². The zero-order chi connectivity index (χ0) is 37.0. The SMILES string of the molecule is c1ccc(-c2cc(-c3cc(-c4cccc(-c5ccc6sc7ccccc7c6c5)c4)cc(-c4ccc5oc6ccccc6c5c4)c3)nc(-c3ccccc3)n2)cc1. The maximum absolute atomic E-state index is 6.22. The molecule has 0 saturated carbocycles. The molecule has 0 unspecified atom stereocenters. The van der Waals surface area contributed by atoms with Gasteiger partial charge in [-0.25, -0.2) is 9.97 Å². The number of furan rings is 1. The second-order valence-electron chi connectivity index (χ2n) is 14.2. The molecular formula is C52H32N2OS. The Morgan fingerprint density at radius 3 is 1.62 bits per heavy atom. The van der Waals surface area contributed by atoms with E-state index in [-0.39, 0.29) is 0 Å². The van der Waals surface area contributed by atoms with Crippen LogP contribution in [0.5, 0.6) is 0 Å². The molecule has 4 heteroatoms. The van der Waals surface area contributed by atoms with Crippen molar-refractivity contribution in [1.82, 2.24) is 9.97 Å². The number of hydrogen-bond donors (Lipinski definition) is 0. The van der Waals surface area contributed by atoms with Gasteiger partial charge in [0.25, 0.3) is 0 Å². The summed E-state index contributed by atoms with van der Waals surface area (Å²) in [4.78, 5) is 10.3. The summed E-state index contributed by atoms with van der Waals surface area (Å²) in [7, 11) is 0. The Morgan fingerprint density at radius 2 is 0.821 bits per heavy atom. The van der Waals surface area contributed by atoms with E-state index in [9.17, 15) is 0 Å². The van der Waals surface area contributed by atoms with Crippen molar-refractivity contribution in [2.45, 2.75) is 0 Å². The van der Waals surface area contributed by atoms with Crippen LogP contribution in [0.2, 0.25) is 0 Å². The molecule has 3 aromatic heterocycles. The molecule has 56 heavy (non-hydrogen) atoms. The number of fused-ring (bicyclic) bond motifs is 6. The fraction of sp³-hybridized carbons (Fsp3) is 0. The smallest absolute Gasteiger partial charge is 0.160 e. The first kappa shape index (κ1) is 32.3. The second kappa shape index (κ2) is 13.3. The molecule has 3 heterocycles. The summed E-state index contributed by atoms with van der Waals surface area (Å²) < 4.78 is 8.84. The quantitative estimate of drug-likeness (QED) is 0.171. The predicted octanol–water partition coefficient (Wildman–Crippen LogP) is 14.7. The molecule has 0 saturated heterocycles. The van der Waals surface area contributed by atoms with Gasteiger partial charge in [0, 0.05) is 47.6 Å².